The van der Waals surface area contributed by atoms with Crippen LogP contribution in [-0.2, 0) is 18.3 Å². The van der Waals surface area contributed by atoms with Crippen molar-refractivity contribution >= 4 is 39.5 Å². The van der Waals surface area contributed by atoms with Gasteiger partial charge in [-0.2, -0.15) is 4.98 Å². The molecule has 5 N–H and O–H groups in total. The Morgan fingerprint density at radius 1 is 1.15 bits per heavy atom. The normalized spacial score (nSPS) is 11.3. The smallest absolute Gasteiger partial charge is 0.303 e. The van der Waals surface area contributed by atoms with E-state index in [2.05, 4.69) is 9.97 Å². The molecule has 0 aliphatic heterocycles. The van der Waals surface area contributed by atoms with Crippen molar-refractivity contribution in [3.8, 4) is 11.1 Å². The van der Waals surface area contributed by atoms with Gasteiger partial charge in [-0.3, -0.25) is 4.79 Å². The zero-order valence-corrected chi connectivity index (χ0v) is 14.8. The van der Waals surface area contributed by atoms with E-state index in [0.29, 0.717) is 17.8 Å². The number of hydrogen-bond donors (Lipinski definition) is 3. The van der Waals surface area contributed by atoms with Crippen LogP contribution in [0, 0.1) is 0 Å². The molecule has 27 heavy (non-hydrogen) atoms. The second-order valence-electron chi connectivity index (χ2n) is 6.56. The Morgan fingerprint density at radius 3 is 2.59 bits per heavy atom. The summed E-state index contributed by atoms with van der Waals surface area (Å²) >= 11 is 0. The first-order valence-corrected chi connectivity index (χ1v) is 8.56. The van der Waals surface area contributed by atoms with Gasteiger partial charge in [0.25, 0.3) is 0 Å². The van der Waals surface area contributed by atoms with E-state index in [1.807, 2.05) is 54.2 Å². The van der Waals surface area contributed by atoms with Crippen molar-refractivity contribution in [2.75, 3.05) is 11.5 Å². The summed E-state index contributed by atoms with van der Waals surface area (Å²) in [6, 6.07) is 11.9. The summed E-state index contributed by atoms with van der Waals surface area (Å²) in [6.07, 6.45) is 2.60. The number of anilines is 2. The first-order valence-electron chi connectivity index (χ1n) is 8.56. The number of rotatable bonds is 4. The number of aryl methyl sites for hydroxylation is 2. The molecule has 136 valence electrons. The van der Waals surface area contributed by atoms with Gasteiger partial charge in [0.1, 0.15) is 5.82 Å². The minimum atomic E-state index is -0.797. The van der Waals surface area contributed by atoms with E-state index in [1.54, 1.807) is 0 Å². The van der Waals surface area contributed by atoms with E-state index >= 15 is 0 Å². The Morgan fingerprint density at radius 2 is 1.89 bits per heavy atom. The molecule has 0 radical (unpaired) electrons. The summed E-state index contributed by atoms with van der Waals surface area (Å²) in [7, 11) is 1.98. The third kappa shape index (κ3) is 2.93. The van der Waals surface area contributed by atoms with Gasteiger partial charge in [-0.25, -0.2) is 4.98 Å². The van der Waals surface area contributed by atoms with Gasteiger partial charge in [0.15, 0.2) is 0 Å². The third-order valence-electron chi connectivity index (χ3n) is 4.75. The number of nitrogen functional groups attached to an aromatic ring is 2. The van der Waals surface area contributed by atoms with Crippen molar-refractivity contribution in [2.45, 2.75) is 12.8 Å². The first-order chi connectivity index (χ1) is 12.9. The molecule has 0 fully saturated rings. The molecule has 0 aliphatic carbocycles. The zero-order valence-electron chi connectivity index (χ0n) is 14.8. The average molecular weight is 361 g/mol. The monoisotopic (exact) mass is 361 g/mol. The standard InChI is InChI=1S/C20H19N5O2/c1-25-9-8-13-17-15(23-20(22)24-19(17)21)10-14(18(13)25)12-5-2-11(3-6-12)4-7-16(26)27/h2-3,5-6,8-10H,4,7H2,1H3,(H,26,27)(H4,21,22,23,24). The molecular weight excluding hydrogens is 342 g/mol. The fraction of sp³-hybridized carbons (Fsp3) is 0.150. The van der Waals surface area contributed by atoms with E-state index in [0.717, 1.165) is 33.0 Å². The number of fused-ring (bicyclic) bond motifs is 3. The van der Waals surface area contributed by atoms with E-state index in [-0.39, 0.29) is 12.4 Å². The Hall–Kier alpha value is -3.61. The number of carboxylic acids is 1. The summed E-state index contributed by atoms with van der Waals surface area (Å²) < 4.78 is 2.04. The summed E-state index contributed by atoms with van der Waals surface area (Å²) in [6.45, 7) is 0. The van der Waals surface area contributed by atoms with E-state index in [1.165, 1.54) is 0 Å². The third-order valence-corrected chi connectivity index (χ3v) is 4.75. The zero-order chi connectivity index (χ0) is 19.1. The van der Waals surface area contributed by atoms with Gasteiger partial charge in [-0.1, -0.05) is 24.3 Å². The highest BCUT2D eigenvalue weighted by Crippen LogP contribution is 2.36. The quantitative estimate of drug-likeness (QED) is 0.514. The topological polar surface area (TPSA) is 120 Å². The molecule has 0 atom stereocenters. The second-order valence-corrected chi connectivity index (χ2v) is 6.56. The van der Waals surface area contributed by atoms with Crippen LogP contribution in [0.5, 0.6) is 0 Å². The summed E-state index contributed by atoms with van der Waals surface area (Å²) in [4.78, 5) is 19.2. The number of nitrogens with two attached hydrogens (primary N) is 2. The van der Waals surface area contributed by atoms with Crippen LogP contribution in [0.25, 0.3) is 32.9 Å². The minimum absolute atomic E-state index is 0.118. The SMILES string of the molecule is Cn1ccc2c3c(N)nc(N)nc3cc(-c3ccc(CCC(=O)O)cc3)c21. The Kier molecular flexibility index (Phi) is 3.92. The van der Waals surface area contributed by atoms with Crippen LogP contribution in [0.4, 0.5) is 11.8 Å². The number of benzene rings is 2. The lowest BCUT2D eigenvalue weighted by Gasteiger charge is -2.11. The largest absolute Gasteiger partial charge is 0.481 e. The van der Waals surface area contributed by atoms with Crippen LogP contribution in [-0.4, -0.2) is 25.6 Å². The molecule has 0 aliphatic rings. The molecule has 4 aromatic rings. The highest BCUT2D eigenvalue weighted by molar-refractivity contribution is 6.15. The molecule has 0 unspecified atom stereocenters. The number of carbonyl (C=O) groups is 1. The van der Waals surface area contributed by atoms with Gasteiger partial charge in [-0.05, 0) is 29.7 Å². The maximum absolute atomic E-state index is 10.8. The highest BCUT2D eigenvalue weighted by Gasteiger charge is 2.15. The molecule has 2 aromatic carbocycles. The van der Waals surface area contributed by atoms with Gasteiger partial charge in [0, 0.05) is 30.6 Å². The van der Waals surface area contributed by atoms with Crippen molar-refractivity contribution in [2.24, 2.45) is 7.05 Å². The first kappa shape index (κ1) is 16.8. The van der Waals surface area contributed by atoms with Crippen molar-refractivity contribution in [3.05, 3.63) is 48.2 Å². The van der Waals surface area contributed by atoms with Gasteiger partial charge in [0.2, 0.25) is 5.95 Å². The molecule has 0 spiro atoms. The lowest BCUT2D eigenvalue weighted by molar-refractivity contribution is -0.136. The summed E-state index contributed by atoms with van der Waals surface area (Å²) in [5, 5.41) is 10.6. The average Bonchev–Trinajstić information content (AvgIpc) is 3.01. The van der Waals surface area contributed by atoms with E-state index in [4.69, 9.17) is 16.6 Å². The van der Waals surface area contributed by atoms with Crippen LogP contribution in [0.15, 0.2) is 42.6 Å². The Bertz CT molecular complexity index is 1180. The molecule has 0 amide bonds. The summed E-state index contributed by atoms with van der Waals surface area (Å²) in [5.41, 5.74) is 16.6. The molecule has 2 heterocycles. The fourth-order valence-electron chi connectivity index (χ4n) is 3.49. The number of carboxylic acid groups (broad SMARTS) is 1. The minimum Gasteiger partial charge on any atom is -0.481 e. The number of aromatic nitrogens is 3. The molecule has 0 saturated carbocycles. The lowest BCUT2D eigenvalue weighted by Crippen LogP contribution is -2.01. The van der Waals surface area contributed by atoms with Gasteiger partial charge >= 0.3 is 5.97 Å². The molecule has 7 heteroatoms. The highest BCUT2D eigenvalue weighted by atomic mass is 16.4. The second kappa shape index (κ2) is 6.28. The molecule has 0 saturated heterocycles. The predicted molar refractivity (Wildman–Crippen MR) is 106 cm³/mol. The van der Waals surface area contributed by atoms with Crippen LogP contribution >= 0.6 is 0 Å². The maximum Gasteiger partial charge on any atom is 0.303 e. The predicted octanol–water partition coefficient (Wildman–Crippen LogP) is 2.97. The number of hydrogen-bond acceptors (Lipinski definition) is 5. The van der Waals surface area contributed by atoms with Crippen LogP contribution in [0.3, 0.4) is 0 Å². The van der Waals surface area contributed by atoms with Crippen LogP contribution < -0.4 is 11.5 Å². The number of nitrogens with zero attached hydrogens (tertiary/aromatic N) is 3. The van der Waals surface area contributed by atoms with Crippen LogP contribution in [0.2, 0.25) is 0 Å². The Balaban J connectivity index is 1.90. The number of aliphatic carboxylic acids is 1. The molecule has 0 bridgehead atoms. The fourth-order valence-corrected chi connectivity index (χ4v) is 3.49. The maximum atomic E-state index is 10.8. The van der Waals surface area contributed by atoms with Crippen LogP contribution in [0.1, 0.15) is 12.0 Å². The molecular formula is C20H19N5O2. The van der Waals surface area contributed by atoms with E-state index < -0.39 is 5.97 Å². The van der Waals surface area contributed by atoms with Gasteiger partial charge in [0.05, 0.1) is 16.4 Å². The van der Waals surface area contributed by atoms with Gasteiger partial charge in [-0.15, -0.1) is 0 Å². The van der Waals surface area contributed by atoms with Crippen molar-refractivity contribution in [3.63, 3.8) is 0 Å². The molecule has 2 aromatic heterocycles. The van der Waals surface area contributed by atoms with Crippen molar-refractivity contribution in [1.82, 2.24) is 14.5 Å². The van der Waals surface area contributed by atoms with Crippen molar-refractivity contribution < 1.29 is 9.90 Å². The molecule has 7 nitrogen and oxygen atoms in total. The van der Waals surface area contributed by atoms with Gasteiger partial charge < -0.3 is 21.1 Å². The van der Waals surface area contributed by atoms with E-state index in [9.17, 15) is 4.79 Å². The lowest BCUT2D eigenvalue weighted by atomic mass is 9.98. The summed E-state index contributed by atoms with van der Waals surface area (Å²) in [5.74, 6) is -0.288. The van der Waals surface area contributed by atoms with Crippen molar-refractivity contribution in [1.29, 1.82) is 0 Å². The Labute approximate surface area is 155 Å². The molecule has 4 rings (SSSR count).